The molecule has 0 spiro atoms. The molecular weight excluding hydrogens is 256 g/mol. The Hall–Kier alpha value is -0.570. The lowest BCUT2D eigenvalue weighted by Gasteiger charge is -2.18. The molecule has 0 saturated heterocycles. The summed E-state index contributed by atoms with van der Waals surface area (Å²) in [5, 5.41) is 4.54. The molecule has 1 unspecified atom stereocenters. The van der Waals surface area contributed by atoms with Gasteiger partial charge in [-0.15, -0.1) is 0 Å². The smallest absolute Gasteiger partial charge is 0.0408 e. The standard InChI is InChI=1S/C16H25ClN2/c1-3-19(4-2)9-5-8-18-16-11-13-6-7-15(17)10-14(13)12-16/h6-7,10,16,18H,3-5,8-9,11-12H2,1-2H3. The van der Waals surface area contributed by atoms with Crippen molar-refractivity contribution in [1.82, 2.24) is 10.2 Å². The summed E-state index contributed by atoms with van der Waals surface area (Å²) in [6, 6.07) is 6.90. The van der Waals surface area contributed by atoms with Crippen LogP contribution in [-0.2, 0) is 12.8 Å². The number of nitrogens with one attached hydrogen (secondary N) is 1. The third-order valence-electron chi connectivity index (χ3n) is 4.08. The summed E-state index contributed by atoms with van der Waals surface area (Å²) in [6.45, 7) is 9.09. The van der Waals surface area contributed by atoms with Crippen molar-refractivity contribution < 1.29 is 0 Å². The Morgan fingerprint density at radius 1 is 1.21 bits per heavy atom. The van der Waals surface area contributed by atoms with Crippen LogP contribution in [0.2, 0.25) is 5.02 Å². The molecule has 2 rings (SSSR count). The lowest BCUT2D eigenvalue weighted by Crippen LogP contribution is -2.33. The Balaban J connectivity index is 1.69. The van der Waals surface area contributed by atoms with Crippen LogP contribution in [0.25, 0.3) is 0 Å². The maximum absolute atomic E-state index is 6.04. The lowest BCUT2D eigenvalue weighted by atomic mass is 10.1. The van der Waals surface area contributed by atoms with Crippen LogP contribution in [0.3, 0.4) is 0 Å². The fourth-order valence-corrected chi connectivity index (χ4v) is 3.07. The summed E-state index contributed by atoms with van der Waals surface area (Å²) in [6.07, 6.45) is 3.51. The van der Waals surface area contributed by atoms with Crippen molar-refractivity contribution in [3.63, 3.8) is 0 Å². The Kier molecular flexibility index (Phi) is 5.68. The molecule has 19 heavy (non-hydrogen) atoms. The van der Waals surface area contributed by atoms with Gasteiger partial charge in [0.2, 0.25) is 0 Å². The number of hydrogen-bond acceptors (Lipinski definition) is 2. The van der Waals surface area contributed by atoms with Gasteiger partial charge in [-0.3, -0.25) is 0 Å². The minimum absolute atomic E-state index is 0.602. The maximum Gasteiger partial charge on any atom is 0.0408 e. The van der Waals surface area contributed by atoms with E-state index in [1.807, 2.05) is 6.07 Å². The number of fused-ring (bicyclic) bond motifs is 1. The van der Waals surface area contributed by atoms with E-state index in [0.29, 0.717) is 6.04 Å². The first-order valence-corrected chi connectivity index (χ1v) is 7.83. The van der Waals surface area contributed by atoms with Crippen LogP contribution in [-0.4, -0.2) is 37.1 Å². The van der Waals surface area contributed by atoms with Crippen molar-refractivity contribution in [3.05, 3.63) is 34.3 Å². The third-order valence-corrected chi connectivity index (χ3v) is 4.31. The molecule has 0 heterocycles. The van der Waals surface area contributed by atoms with Crippen LogP contribution in [0.15, 0.2) is 18.2 Å². The highest BCUT2D eigenvalue weighted by Gasteiger charge is 2.20. The van der Waals surface area contributed by atoms with Crippen molar-refractivity contribution in [2.45, 2.75) is 39.2 Å². The highest BCUT2D eigenvalue weighted by molar-refractivity contribution is 6.30. The van der Waals surface area contributed by atoms with Crippen LogP contribution in [0.5, 0.6) is 0 Å². The Labute approximate surface area is 122 Å². The molecule has 1 aromatic rings. The van der Waals surface area contributed by atoms with Gasteiger partial charge in [0.15, 0.2) is 0 Å². The van der Waals surface area contributed by atoms with Gasteiger partial charge in [0.1, 0.15) is 0 Å². The summed E-state index contributed by atoms with van der Waals surface area (Å²) in [7, 11) is 0. The van der Waals surface area contributed by atoms with Gasteiger partial charge >= 0.3 is 0 Å². The average molecular weight is 281 g/mol. The summed E-state index contributed by atoms with van der Waals surface area (Å²) in [4.78, 5) is 2.48. The van der Waals surface area contributed by atoms with Crippen molar-refractivity contribution in [2.24, 2.45) is 0 Å². The third kappa shape index (κ3) is 4.20. The highest BCUT2D eigenvalue weighted by atomic mass is 35.5. The summed E-state index contributed by atoms with van der Waals surface area (Å²) in [5.41, 5.74) is 2.89. The number of rotatable bonds is 7. The second kappa shape index (κ2) is 7.28. The second-order valence-electron chi connectivity index (χ2n) is 5.35. The quantitative estimate of drug-likeness (QED) is 0.772. The van der Waals surface area contributed by atoms with E-state index < -0.39 is 0 Å². The fourth-order valence-electron chi connectivity index (χ4n) is 2.88. The first kappa shape index (κ1) is 14.8. The van der Waals surface area contributed by atoms with Gasteiger partial charge in [-0.25, -0.2) is 0 Å². The van der Waals surface area contributed by atoms with Crippen molar-refractivity contribution in [3.8, 4) is 0 Å². The minimum Gasteiger partial charge on any atom is -0.313 e. The van der Waals surface area contributed by atoms with Gasteiger partial charge in [0.05, 0.1) is 0 Å². The summed E-state index contributed by atoms with van der Waals surface area (Å²) in [5.74, 6) is 0. The molecule has 0 radical (unpaired) electrons. The fraction of sp³-hybridized carbons (Fsp3) is 0.625. The Morgan fingerprint density at radius 2 is 1.95 bits per heavy atom. The molecule has 0 saturated carbocycles. The monoisotopic (exact) mass is 280 g/mol. The maximum atomic E-state index is 6.04. The van der Waals surface area contributed by atoms with E-state index in [1.165, 1.54) is 24.1 Å². The zero-order valence-electron chi connectivity index (χ0n) is 12.1. The molecule has 1 aliphatic carbocycles. The lowest BCUT2D eigenvalue weighted by molar-refractivity contribution is 0.296. The predicted molar refractivity (Wildman–Crippen MR) is 83.1 cm³/mol. The summed E-state index contributed by atoms with van der Waals surface area (Å²) >= 11 is 6.04. The molecule has 1 aromatic carbocycles. The van der Waals surface area contributed by atoms with E-state index >= 15 is 0 Å². The Bertz CT molecular complexity index is 402. The van der Waals surface area contributed by atoms with Crippen LogP contribution in [0, 0.1) is 0 Å². The molecule has 2 nitrogen and oxygen atoms in total. The molecule has 0 fully saturated rings. The second-order valence-corrected chi connectivity index (χ2v) is 5.79. The van der Waals surface area contributed by atoms with Crippen molar-refractivity contribution in [2.75, 3.05) is 26.2 Å². The molecule has 1 N–H and O–H groups in total. The number of hydrogen-bond donors (Lipinski definition) is 1. The van der Waals surface area contributed by atoms with Gasteiger partial charge in [-0.1, -0.05) is 31.5 Å². The van der Waals surface area contributed by atoms with Gasteiger partial charge < -0.3 is 10.2 Å². The molecule has 0 bridgehead atoms. The molecule has 0 amide bonds. The molecule has 1 aliphatic rings. The predicted octanol–water partition coefficient (Wildman–Crippen LogP) is 3.13. The van der Waals surface area contributed by atoms with Gasteiger partial charge in [0, 0.05) is 11.1 Å². The van der Waals surface area contributed by atoms with Crippen LogP contribution in [0.4, 0.5) is 0 Å². The average Bonchev–Trinajstić information content (AvgIpc) is 2.80. The minimum atomic E-state index is 0.602. The van der Waals surface area contributed by atoms with Crippen LogP contribution in [0.1, 0.15) is 31.4 Å². The first-order chi connectivity index (χ1) is 9.22. The SMILES string of the molecule is CCN(CC)CCCNC1Cc2ccc(Cl)cc2C1. The first-order valence-electron chi connectivity index (χ1n) is 7.46. The van der Waals surface area contributed by atoms with E-state index in [1.54, 1.807) is 0 Å². The van der Waals surface area contributed by atoms with Gasteiger partial charge in [-0.2, -0.15) is 0 Å². The van der Waals surface area contributed by atoms with E-state index in [0.717, 1.165) is 37.5 Å². The molecule has 0 aliphatic heterocycles. The van der Waals surface area contributed by atoms with E-state index in [2.05, 4.69) is 36.2 Å². The topological polar surface area (TPSA) is 15.3 Å². The van der Waals surface area contributed by atoms with E-state index in [9.17, 15) is 0 Å². The molecule has 106 valence electrons. The highest BCUT2D eigenvalue weighted by Crippen LogP contribution is 2.25. The largest absolute Gasteiger partial charge is 0.313 e. The van der Waals surface area contributed by atoms with Crippen LogP contribution < -0.4 is 5.32 Å². The normalized spacial score (nSPS) is 18.0. The van der Waals surface area contributed by atoms with Crippen LogP contribution >= 0.6 is 11.6 Å². The van der Waals surface area contributed by atoms with Crippen molar-refractivity contribution in [1.29, 1.82) is 0 Å². The Morgan fingerprint density at radius 3 is 2.68 bits per heavy atom. The van der Waals surface area contributed by atoms with E-state index in [4.69, 9.17) is 11.6 Å². The number of nitrogens with zero attached hydrogens (tertiary/aromatic N) is 1. The summed E-state index contributed by atoms with van der Waals surface area (Å²) < 4.78 is 0. The van der Waals surface area contributed by atoms with E-state index in [-0.39, 0.29) is 0 Å². The number of halogens is 1. The van der Waals surface area contributed by atoms with Gasteiger partial charge in [0.25, 0.3) is 0 Å². The van der Waals surface area contributed by atoms with Gasteiger partial charge in [-0.05, 0) is 68.7 Å². The molecule has 1 atom stereocenters. The molecule has 0 aromatic heterocycles. The zero-order chi connectivity index (χ0) is 13.7. The number of benzene rings is 1. The van der Waals surface area contributed by atoms with Crippen molar-refractivity contribution >= 4 is 11.6 Å². The zero-order valence-corrected chi connectivity index (χ0v) is 12.8. The molecular formula is C16H25ClN2. The molecule has 3 heteroatoms.